The minimum Gasteiger partial charge on any atom is -0.438 e. The lowest BCUT2D eigenvalue weighted by molar-refractivity contribution is -0.240. The Balaban J connectivity index is 1.73. The zero-order valence-electron chi connectivity index (χ0n) is 12.8. The Bertz CT molecular complexity index is 382. The van der Waals surface area contributed by atoms with Gasteiger partial charge in [0.1, 0.15) is 0 Å². The highest BCUT2D eigenvalue weighted by Crippen LogP contribution is 2.42. The predicted octanol–water partition coefficient (Wildman–Crippen LogP) is 0.441. The molecular weight excluding hydrogens is 292 g/mol. The molecule has 0 radical (unpaired) electrons. The first-order valence-electron chi connectivity index (χ1n) is 7.90. The zero-order valence-corrected chi connectivity index (χ0v) is 12.8. The topological polar surface area (TPSA) is 83.5 Å². The van der Waals surface area contributed by atoms with E-state index in [0.717, 1.165) is 12.8 Å². The lowest BCUT2D eigenvalue weighted by Gasteiger charge is -2.35. The molecule has 2 saturated heterocycles. The Morgan fingerprint density at radius 3 is 2.77 bits per heavy atom. The van der Waals surface area contributed by atoms with E-state index in [1.54, 1.807) is 7.11 Å². The maximum atomic E-state index is 11.7. The molecule has 126 valence electrons. The van der Waals surface area contributed by atoms with Crippen molar-refractivity contribution < 1.29 is 33.6 Å². The minimum atomic E-state index is -0.609. The molecular formula is C15H24O7. The molecule has 2 aliphatic heterocycles. The van der Waals surface area contributed by atoms with Crippen molar-refractivity contribution in [1.82, 2.24) is 0 Å². The Kier molecular flexibility index (Phi) is 5.30. The number of esters is 1. The van der Waals surface area contributed by atoms with Crippen LogP contribution in [0.3, 0.4) is 0 Å². The van der Waals surface area contributed by atoms with Crippen LogP contribution >= 0.6 is 0 Å². The third kappa shape index (κ3) is 3.44. The molecule has 3 aliphatic rings. The van der Waals surface area contributed by atoms with Gasteiger partial charge >= 0.3 is 5.97 Å². The largest absolute Gasteiger partial charge is 0.438 e. The second kappa shape index (κ2) is 7.23. The molecule has 1 N–H and O–H groups in total. The summed E-state index contributed by atoms with van der Waals surface area (Å²) in [6, 6.07) is 0. The molecule has 0 unspecified atom stereocenters. The van der Waals surface area contributed by atoms with E-state index >= 15 is 0 Å². The van der Waals surface area contributed by atoms with Crippen molar-refractivity contribution in [3.63, 3.8) is 0 Å². The summed E-state index contributed by atoms with van der Waals surface area (Å²) >= 11 is 0. The first-order chi connectivity index (χ1) is 10.7. The predicted molar refractivity (Wildman–Crippen MR) is 73.8 cm³/mol. The average molecular weight is 316 g/mol. The van der Waals surface area contributed by atoms with E-state index in [0.29, 0.717) is 19.6 Å². The van der Waals surface area contributed by atoms with Crippen molar-refractivity contribution in [2.24, 2.45) is 11.8 Å². The summed E-state index contributed by atoms with van der Waals surface area (Å²) in [7, 11) is 1.56. The van der Waals surface area contributed by atoms with E-state index in [-0.39, 0.29) is 43.2 Å². The van der Waals surface area contributed by atoms with E-state index in [2.05, 4.69) is 0 Å². The minimum absolute atomic E-state index is 0.124. The van der Waals surface area contributed by atoms with Gasteiger partial charge in [0, 0.05) is 38.6 Å². The quantitative estimate of drug-likeness (QED) is 0.756. The van der Waals surface area contributed by atoms with E-state index < -0.39 is 12.4 Å². The highest BCUT2D eigenvalue weighted by molar-refractivity contribution is 5.69. The number of ether oxygens (including phenoxy) is 5. The van der Waals surface area contributed by atoms with Crippen LogP contribution in [0.2, 0.25) is 0 Å². The number of hydrogen-bond acceptors (Lipinski definition) is 7. The van der Waals surface area contributed by atoms with Crippen molar-refractivity contribution >= 4 is 5.97 Å². The summed E-state index contributed by atoms with van der Waals surface area (Å²) in [5.41, 5.74) is 0. The number of aliphatic hydroxyl groups is 1. The lowest BCUT2D eigenvalue weighted by atomic mass is 9.89. The van der Waals surface area contributed by atoms with Crippen LogP contribution in [0.5, 0.6) is 0 Å². The smallest absolute Gasteiger partial charge is 0.308 e. The molecule has 1 saturated carbocycles. The maximum Gasteiger partial charge on any atom is 0.308 e. The van der Waals surface area contributed by atoms with Crippen LogP contribution in [0.1, 0.15) is 25.7 Å². The fraction of sp³-hybridized carbons (Fsp3) is 0.933. The van der Waals surface area contributed by atoms with Crippen LogP contribution in [0.15, 0.2) is 0 Å². The number of aliphatic hydroxyl groups excluding tert-OH is 1. The highest BCUT2D eigenvalue weighted by atomic mass is 16.8. The van der Waals surface area contributed by atoms with Crippen LogP contribution in [-0.4, -0.2) is 62.8 Å². The molecule has 7 heteroatoms. The molecule has 22 heavy (non-hydrogen) atoms. The standard InChI is InChI=1S/C15H24O7/c1-18-15-14-10(6-13(17)20-8-21-15)11(16)7-12(14)22-9-2-4-19-5-3-9/h9-12,14-16H,2-8H2,1H3/t10-,11-,12+,14+,15-/m1/s1. The van der Waals surface area contributed by atoms with Crippen LogP contribution in [0.4, 0.5) is 0 Å². The molecule has 3 fully saturated rings. The van der Waals surface area contributed by atoms with Gasteiger partial charge in [-0.2, -0.15) is 0 Å². The molecule has 0 amide bonds. The number of carbonyl (C=O) groups excluding carboxylic acids is 1. The van der Waals surface area contributed by atoms with E-state index in [9.17, 15) is 9.90 Å². The Labute approximate surface area is 129 Å². The van der Waals surface area contributed by atoms with Gasteiger partial charge in [-0.05, 0) is 12.8 Å². The van der Waals surface area contributed by atoms with E-state index in [1.165, 1.54) is 0 Å². The molecule has 0 spiro atoms. The van der Waals surface area contributed by atoms with Crippen molar-refractivity contribution in [2.45, 2.75) is 50.3 Å². The summed E-state index contributed by atoms with van der Waals surface area (Å²) < 4.78 is 27.4. The summed E-state index contributed by atoms with van der Waals surface area (Å²) in [5, 5.41) is 10.3. The molecule has 0 aromatic rings. The summed E-state index contributed by atoms with van der Waals surface area (Å²) in [4.78, 5) is 11.7. The van der Waals surface area contributed by atoms with Gasteiger partial charge in [0.2, 0.25) is 0 Å². The van der Waals surface area contributed by atoms with Gasteiger partial charge in [-0.3, -0.25) is 4.79 Å². The van der Waals surface area contributed by atoms with Gasteiger partial charge < -0.3 is 28.8 Å². The molecule has 5 atom stereocenters. The Morgan fingerprint density at radius 1 is 1.27 bits per heavy atom. The van der Waals surface area contributed by atoms with Gasteiger partial charge in [0.05, 0.1) is 24.7 Å². The van der Waals surface area contributed by atoms with Crippen LogP contribution in [0.25, 0.3) is 0 Å². The van der Waals surface area contributed by atoms with Gasteiger partial charge in [0.15, 0.2) is 13.1 Å². The third-order valence-electron chi connectivity index (χ3n) is 4.83. The van der Waals surface area contributed by atoms with E-state index in [4.69, 9.17) is 23.7 Å². The van der Waals surface area contributed by atoms with Crippen molar-refractivity contribution in [3.8, 4) is 0 Å². The Hall–Kier alpha value is -0.730. The maximum absolute atomic E-state index is 11.7. The van der Waals surface area contributed by atoms with Gasteiger partial charge in [-0.25, -0.2) is 0 Å². The normalized spacial score (nSPS) is 40.6. The average Bonchev–Trinajstić information content (AvgIpc) is 2.78. The summed E-state index contributed by atoms with van der Waals surface area (Å²) in [6.07, 6.45) is 1.15. The SMILES string of the molecule is CO[C@@H]1OCOC(=O)C[C@H]2[C@H]1[C@@H](OC1CCOCC1)C[C@H]2O. The molecule has 3 rings (SSSR count). The number of rotatable bonds is 3. The first-order valence-corrected chi connectivity index (χ1v) is 7.90. The Morgan fingerprint density at radius 2 is 2.05 bits per heavy atom. The molecule has 0 bridgehead atoms. The summed E-state index contributed by atoms with van der Waals surface area (Å²) in [5.74, 6) is -0.784. The molecule has 1 aliphatic carbocycles. The number of cyclic esters (lactones) is 1. The third-order valence-corrected chi connectivity index (χ3v) is 4.83. The number of methoxy groups -OCH3 is 1. The van der Waals surface area contributed by atoms with Crippen LogP contribution in [-0.2, 0) is 28.5 Å². The molecule has 7 nitrogen and oxygen atoms in total. The van der Waals surface area contributed by atoms with Gasteiger partial charge in [-0.15, -0.1) is 0 Å². The lowest BCUT2D eigenvalue weighted by Crippen LogP contribution is -2.42. The first kappa shape index (κ1) is 16.1. The van der Waals surface area contributed by atoms with Gasteiger partial charge in [-0.1, -0.05) is 0 Å². The van der Waals surface area contributed by atoms with Gasteiger partial charge in [0.25, 0.3) is 0 Å². The fourth-order valence-electron chi connectivity index (χ4n) is 3.71. The van der Waals surface area contributed by atoms with E-state index in [1.807, 2.05) is 0 Å². The van der Waals surface area contributed by atoms with Crippen molar-refractivity contribution in [2.75, 3.05) is 27.1 Å². The second-order valence-electron chi connectivity index (χ2n) is 6.14. The molecule has 0 aromatic carbocycles. The van der Waals surface area contributed by atoms with Crippen molar-refractivity contribution in [1.29, 1.82) is 0 Å². The highest BCUT2D eigenvalue weighted by Gasteiger charge is 2.50. The fourth-order valence-corrected chi connectivity index (χ4v) is 3.71. The van der Waals surface area contributed by atoms with Crippen LogP contribution < -0.4 is 0 Å². The van der Waals surface area contributed by atoms with Crippen LogP contribution in [0, 0.1) is 11.8 Å². The molecule has 0 aromatic heterocycles. The molecule has 2 heterocycles. The number of carbonyl (C=O) groups is 1. The zero-order chi connectivity index (χ0) is 15.5. The van der Waals surface area contributed by atoms with Crippen molar-refractivity contribution in [3.05, 3.63) is 0 Å². The number of fused-ring (bicyclic) bond motifs is 1. The summed E-state index contributed by atoms with van der Waals surface area (Å²) in [6.45, 7) is 1.27. The second-order valence-corrected chi connectivity index (χ2v) is 6.14. The number of hydrogen-bond donors (Lipinski definition) is 1. The monoisotopic (exact) mass is 316 g/mol.